The minimum Gasteiger partial charge on any atom is -0.487 e. The predicted octanol–water partition coefficient (Wildman–Crippen LogP) is 1.60. The molecule has 1 atom stereocenters. The number of halogens is 2. The van der Waals surface area contributed by atoms with E-state index in [0.29, 0.717) is 17.1 Å². The predicted molar refractivity (Wildman–Crippen MR) is 97.2 cm³/mol. The fraction of sp³-hybridized carbons (Fsp3) is 0.500. The Kier molecular flexibility index (Phi) is 5.43. The molecular formula is C18H25F2N5O. The Hall–Kier alpha value is -2.19. The number of nitrogens with zero attached hydrogens (tertiary/aromatic N) is 2. The van der Waals surface area contributed by atoms with E-state index in [1.54, 1.807) is 48.5 Å². The Morgan fingerprint density at radius 1 is 1.38 bits per heavy atom. The van der Waals surface area contributed by atoms with E-state index in [1.165, 1.54) is 0 Å². The highest BCUT2D eigenvalue weighted by atomic mass is 19.3. The van der Waals surface area contributed by atoms with E-state index in [1.807, 2.05) is 0 Å². The zero-order valence-electron chi connectivity index (χ0n) is 14.8. The van der Waals surface area contributed by atoms with Gasteiger partial charge in [0.05, 0.1) is 6.54 Å². The van der Waals surface area contributed by atoms with Crippen LogP contribution in [0.3, 0.4) is 0 Å². The molecule has 1 aromatic rings. The first-order chi connectivity index (χ1) is 12.4. The zero-order chi connectivity index (χ0) is 18.6. The van der Waals surface area contributed by atoms with Gasteiger partial charge in [-0.05, 0) is 44.1 Å². The fourth-order valence-electron chi connectivity index (χ4n) is 3.13. The minimum atomic E-state index is -2.90. The van der Waals surface area contributed by atoms with Crippen molar-refractivity contribution in [2.75, 3.05) is 33.3 Å². The van der Waals surface area contributed by atoms with Crippen molar-refractivity contribution in [1.29, 1.82) is 0 Å². The number of alkyl halides is 2. The standard InChI is InChI=1S/C18H25F2N5O/c1-22-16-7-8-23-18(21,24-16)14-5-4-6-15(11-14)26-13-17(19,20)12-25-9-2-3-10-25/h4-8,11,22,24H,2-3,9-10,12-13,21H2,1H3. The van der Waals surface area contributed by atoms with E-state index in [9.17, 15) is 8.78 Å². The molecule has 4 N–H and O–H groups in total. The van der Waals surface area contributed by atoms with Gasteiger partial charge in [-0.3, -0.25) is 10.6 Å². The molecule has 26 heavy (non-hydrogen) atoms. The van der Waals surface area contributed by atoms with Gasteiger partial charge in [0.2, 0.25) is 5.79 Å². The van der Waals surface area contributed by atoms with Crippen LogP contribution in [0.4, 0.5) is 8.78 Å². The van der Waals surface area contributed by atoms with Gasteiger partial charge in [-0.1, -0.05) is 12.1 Å². The molecule has 1 aromatic carbocycles. The van der Waals surface area contributed by atoms with E-state index < -0.39 is 18.3 Å². The van der Waals surface area contributed by atoms with Crippen LogP contribution in [0.1, 0.15) is 18.4 Å². The summed E-state index contributed by atoms with van der Waals surface area (Å²) in [6, 6.07) is 6.76. The molecule has 6 nitrogen and oxygen atoms in total. The minimum absolute atomic E-state index is 0.268. The summed E-state index contributed by atoms with van der Waals surface area (Å²) < 4.78 is 33.7. The molecular weight excluding hydrogens is 340 g/mol. The Morgan fingerprint density at radius 3 is 2.88 bits per heavy atom. The van der Waals surface area contributed by atoms with Gasteiger partial charge in [-0.15, -0.1) is 0 Å². The van der Waals surface area contributed by atoms with Crippen molar-refractivity contribution in [2.24, 2.45) is 10.7 Å². The molecule has 0 bridgehead atoms. The van der Waals surface area contributed by atoms with Gasteiger partial charge in [0.25, 0.3) is 5.92 Å². The number of likely N-dealkylation sites (tertiary alicyclic amines) is 1. The summed E-state index contributed by atoms with van der Waals surface area (Å²) in [6.45, 7) is 0.524. The van der Waals surface area contributed by atoms with Gasteiger partial charge < -0.3 is 15.4 Å². The largest absolute Gasteiger partial charge is 0.487 e. The quantitative estimate of drug-likeness (QED) is 0.684. The van der Waals surface area contributed by atoms with E-state index in [-0.39, 0.29) is 6.54 Å². The van der Waals surface area contributed by atoms with Gasteiger partial charge in [-0.25, -0.2) is 13.8 Å². The Balaban J connectivity index is 1.64. The molecule has 0 aromatic heterocycles. The number of nitrogens with two attached hydrogens (primary N) is 1. The second kappa shape index (κ2) is 7.59. The summed E-state index contributed by atoms with van der Waals surface area (Å²) >= 11 is 0. The van der Waals surface area contributed by atoms with Crippen LogP contribution in [0.2, 0.25) is 0 Å². The maximum Gasteiger partial charge on any atom is 0.293 e. The zero-order valence-corrected chi connectivity index (χ0v) is 14.8. The van der Waals surface area contributed by atoms with Gasteiger partial charge in [0, 0.05) is 18.8 Å². The van der Waals surface area contributed by atoms with Crippen molar-refractivity contribution in [2.45, 2.75) is 24.6 Å². The molecule has 1 saturated heterocycles. The van der Waals surface area contributed by atoms with E-state index in [4.69, 9.17) is 10.5 Å². The van der Waals surface area contributed by atoms with Gasteiger partial charge in [-0.2, -0.15) is 0 Å². The molecule has 2 heterocycles. The third-order valence-electron chi connectivity index (χ3n) is 4.49. The summed E-state index contributed by atoms with van der Waals surface area (Å²) in [5.41, 5.74) is 6.93. The monoisotopic (exact) mass is 365 g/mol. The van der Waals surface area contributed by atoms with Crippen molar-refractivity contribution < 1.29 is 13.5 Å². The summed E-state index contributed by atoms with van der Waals surface area (Å²) in [4.78, 5) is 6.04. The van der Waals surface area contributed by atoms with E-state index in [2.05, 4.69) is 15.6 Å². The number of allylic oxidation sites excluding steroid dienone is 1. The van der Waals surface area contributed by atoms with E-state index >= 15 is 0 Å². The fourth-order valence-corrected chi connectivity index (χ4v) is 3.13. The second-order valence-corrected chi connectivity index (χ2v) is 6.66. The third kappa shape index (κ3) is 4.50. The number of rotatable bonds is 7. The normalized spacial score (nSPS) is 23.5. The Morgan fingerprint density at radius 2 is 2.15 bits per heavy atom. The molecule has 0 amide bonds. The number of benzene rings is 1. The van der Waals surface area contributed by atoms with Crippen molar-refractivity contribution in [3.63, 3.8) is 0 Å². The molecule has 1 unspecified atom stereocenters. The second-order valence-electron chi connectivity index (χ2n) is 6.66. The topological polar surface area (TPSA) is 74.9 Å². The molecule has 0 aliphatic carbocycles. The van der Waals surface area contributed by atoms with Crippen molar-refractivity contribution in [3.05, 3.63) is 41.7 Å². The number of aliphatic imine (C=N–C) groups is 1. The smallest absolute Gasteiger partial charge is 0.293 e. The summed E-state index contributed by atoms with van der Waals surface area (Å²) in [5, 5.41) is 6.03. The molecule has 2 aliphatic heterocycles. The van der Waals surface area contributed by atoms with Gasteiger partial charge in [0.15, 0.2) is 6.61 Å². The number of nitrogens with one attached hydrogen (secondary N) is 2. The van der Waals surface area contributed by atoms with Gasteiger partial charge >= 0.3 is 0 Å². The van der Waals surface area contributed by atoms with Crippen LogP contribution >= 0.6 is 0 Å². The third-order valence-corrected chi connectivity index (χ3v) is 4.49. The molecule has 8 heteroatoms. The molecule has 0 spiro atoms. The van der Waals surface area contributed by atoms with Crippen LogP contribution in [0.15, 0.2) is 41.2 Å². The molecule has 2 aliphatic rings. The highest BCUT2D eigenvalue weighted by Crippen LogP contribution is 2.26. The summed E-state index contributed by atoms with van der Waals surface area (Å²) in [6.07, 6.45) is 5.31. The van der Waals surface area contributed by atoms with Crippen molar-refractivity contribution >= 4 is 6.21 Å². The van der Waals surface area contributed by atoms with Crippen LogP contribution in [-0.4, -0.2) is 50.3 Å². The number of ether oxygens (including phenoxy) is 1. The lowest BCUT2D eigenvalue weighted by Crippen LogP contribution is -2.51. The maximum absolute atomic E-state index is 14.1. The Bertz CT molecular complexity index is 688. The summed E-state index contributed by atoms with van der Waals surface area (Å²) in [5.74, 6) is -3.02. The molecule has 0 radical (unpaired) electrons. The van der Waals surface area contributed by atoms with Crippen LogP contribution in [0.25, 0.3) is 0 Å². The first-order valence-electron chi connectivity index (χ1n) is 8.74. The van der Waals surface area contributed by atoms with Crippen LogP contribution in [0.5, 0.6) is 5.75 Å². The number of hydrogen-bond acceptors (Lipinski definition) is 6. The van der Waals surface area contributed by atoms with Crippen molar-refractivity contribution in [3.8, 4) is 5.75 Å². The lowest BCUT2D eigenvalue weighted by atomic mass is 10.1. The SMILES string of the molecule is CNC1=CC=NC(N)(c2cccc(OCC(F)(F)CN3CCCC3)c2)N1. The average Bonchev–Trinajstić information content (AvgIpc) is 3.12. The van der Waals surface area contributed by atoms with Gasteiger partial charge in [0.1, 0.15) is 11.6 Å². The maximum atomic E-state index is 14.1. The van der Waals surface area contributed by atoms with E-state index in [0.717, 1.165) is 25.9 Å². The first-order valence-corrected chi connectivity index (χ1v) is 8.74. The molecule has 3 rings (SSSR count). The average molecular weight is 365 g/mol. The highest BCUT2D eigenvalue weighted by molar-refractivity contribution is 5.73. The lowest BCUT2D eigenvalue weighted by Gasteiger charge is -2.31. The lowest BCUT2D eigenvalue weighted by molar-refractivity contribution is -0.0615. The molecule has 142 valence electrons. The molecule has 1 fully saturated rings. The van der Waals surface area contributed by atoms with Crippen LogP contribution in [0, 0.1) is 0 Å². The first kappa shape index (κ1) is 18.6. The Labute approximate surface area is 152 Å². The molecule has 0 saturated carbocycles. The van der Waals surface area contributed by atoms with Crippen LogP contribution in [-0.2, 0) is 5.79 Å². The number of hydrogen-bond donors (Lipinski definition) is 3. The van der Waals surface area contributed by atoms with Crippen molar-refractivity contribution in [1.82, 2.24) is 15.5 Å². The highest BCUT2D eigenvalue weighted by Gasteiger charge is 2.34. The summed E-state index contributed by atoms with van der Waals surface area (Å²) in [7, 11) is 1.76. The van der Waals surface area contributed by atoms with Crippen LogP contribution < -0.4 is 21.1 Å².